The van der Waals surface area contributed by atoms with Gasteiger partial charge in [0.2, 0.25) is 5.75 Å². The molecule has 0 aliphatic rings. The summed E-state index contributed by atoms with van der Waals surface area (Å²) in [5.74, 6) is 1.17. The van der Waals surface area contributed by atoms with Gasteiger partial charge in [0.1, 0.15) is 0 Å². The summed E-state index contributed by atoms with van der Waals surface area (Å²) in [5.41, 5.74) is 1.63. The molecular formula is C27H35N3O4. The first-order chi connectivity index (χ1) is 16.5. The molecule has 7 nitrogen and oxygen atoms in total. The van der Waals surface area contributed by atoms with E-state index in [4.69, 9.17) is 14.2 Å². The molecule has 0 unspecified atom stereocenters. The van der Waals surface area contributed by atoms with E-state index in [1.54, 1.807) is 19.2 Å². The maximum Gasteiger partial charge on any atom is 0.251 e. The van der Waals surface area contributed by atoms with E-state index < -0.39 is 0 Å². The maximum atomic E-state index is 13.3. The number of methoxy groups -OCH3 is 3. The van der Waals surface area contributed by atoms with E-state index in [1.165, 1.54) is 30.6 Å². The summed E-state index contributed by atoms with van der Waals surface area (Å²) >= 11 is 0. The molecule has 3 aromatic rings. The molecule has 0 bridgehead atoms. The van der Waals surface area contributed by atoms with Gasteiger partial charge in [0.15, 0.2) is 11.5 Å². The Morgan fingerprint density at radius 2 is 1.62 bits per heavy atom. The fraction of sp³-hybridized carbons (Fsp3) is 0.370. The topological polar surface area (TPSA) is 72.1 Å². The number of benzene rings is 3. The molecule has 0 spiro atoms. The Balaban J connectivity index is 1.84. The third-order valence-electron chi connectivity index (χ3n) is 5.83. The highest BCUT2D eigenvalue weighted by Crippen LogP contribution is 2.38. The van der Waals surface area contributed by atoms with Gasteiger partial charge < -0.3 is 29.7 Å². The molecule has 2 N–H and O–H groups in total. The van der Waals surface area contributed by atoms with Gasteiger partial charge in [0, 0.05) is 31.2 Å². The normalized spacial score (nSPS) is 11.9. The molecule has 1 amide bonds. The van der Waals surface area contributed by atoms with Crippen molar-refractivity contribution in [3.63, 3.8) is 0 Å². The second-order valence-electron chi connectivity index (χ2n) is 8.34. The third-order valence-corrected chi connectivity index (χ3v) is 5.83. The zero-order chi connectivity index (χ0) is 24.5. The quantitative estimate of drug-likeness (QED) is 0.427. The average Bonchev–Trinajstić information content (AvgIpc) is 2.86. The number of likely N-dealkylation sites (N-methyl/N-ethyl adjacent to an activating group) is 2. The van der Waals surface area contributed by atoms with E-state index in [1.807, 2.05) is 19.2 Å². The summed E-state index contributed by atoms with van der Waals surface area (Å²) in [7, 11) is 8.63. The van der Waals surface area contributed by atoms with E-state index in [0.29, 0.717) is 35.8 Å². The summed E-state index contributed by atoms with van der Waals surface area (Å²) in [5, 5.41) is 8.80. The molecular weight excluding hydrogens is 430 g/mol. The number of fused-ring (bicyclic) bond motifs is 1. The Kier molecular flexibility index (Phi) is 9.13. The molecule has 0 heterocycles. The molecule has 0 fully saturated rings. The van der Waals surface area contributed by atoms with E-state index in [9.17, 15) is 4.79 Å². The lowest BCUT2D eigenvalue weighted by atomic mass is 10.0. The van der Waals surface area contributed by atoms with Crippen molar-refractivity contribution in [1.29, 1.82) is 0 Å². The number of carbonyl (C=O) groups is 1. The van der Waals surface area contributed by atoms with Gasteiger partial charge >= 0.3 is 0 Å². The van der Waals surface area contributed by atoms with Crippen LogP contribution in [0.2, 0.25) is 0 Å². The second kappa shape index (κ2) is 12.3. The summed E-state index contributed by atoms with van der Waals surface area (Å²) in [6, 6.07) is 18.0. The summed E-state index contributed by atoms with van der Waals surface area (Å²) in [6.07, 6.45) is 0.713. The average molecular weight is 466 g/mol. The van der Waals surface area contributed by atoms with Crippen LogP contribution in [-0.4, -0.2) is 71.9 Å². The van der Waals surface area contributed by atoms with Gasteiger partial charge in [-0.1, -0.05) is 42.5 Å². The van der Waals surface area contributed by atoms with Gasteiger partial charge in [-0.15, -0.1) is 0 Å². The Morgan fingerprint density at radius 1 is 0.941 bits per heavy atom. The van der Waals surface area contributed by atoms with E-state index in [0.717, 1.165) is 13.1 Å². The first-order valence-electron chi connectivity index (χ1n) is 11.4. The number of carbonyl (C=O) groups excluding carboxylic acids is 1. The third kappa shape index (κ3) is 6.40. The number of ether oxygens (including phenoxy) is 3. The number of amides is 1. The molecule has 34 heavy (non-hydrogen) atoms. The highest BCUT2D eigenvalue weighted by Gasteiger charge is 2.21. The van der Waals surface area contributed by atoms with Crippen molar-refractivity contribution in [2.75, 3.05) is 55.1 Å². The molecule has 1 atom stereocenters. The van der Waals surface area contributed by atoms with Crippen molar-refractivity contribution >= 4 is 16.7 Å². The zero-order valence-electron chi connectivity index (χ0n) is 20.7. The van der Waals surface area contributed by atoms with Gasteiger partial charge in [0.25, 0.3) is 5.91 Å². The molecule has 3 rings (SSSR count). The monoisotopic (exact) mass is 465 g/mol. The summed E-state index contributed by atoms with van der Waals surface area (Å²) < 4.78 is 16.2. The zero-order valence-corrected chi connectivity index (χ0v) is 20.7. The predicted molar refractivity (Wildman–Crippen MR) is 136 cm³/mol. The number of hydrogen-bond acceptors (Lipinski definition) is 6. The standard InChI is InChI=1S/C27H35N3O4/c1-28-12-13-30(2)18-23(15-19-10-11-20-8-6-7-9-21(20)14-19)29-27(31)22-16-24(32-3)26(34-5)25(17-22)33-4/h6-11,14,16-17,23,28H,12-13,15,18H2,1-5H3,(H,29,31)/t23-/m1/s1. The van der Waals surface area contributed by atoms with Crippen molar-refractivity contribution in [1.82, 2.24) is 15.5 Å². The number of hydrogen-bond donors (Lipinski definition) is 2. The fourth-order valence-electron chi connectivity index (χ4n) is 4.06. The van der Waals surface area contributed by atoms with Crippen LogP contribution >= 0.6 is 0 Å². The smallest absolute Gasteiger partial charge is 0.251 e. The van der Waals surface area contributed by atoms with Crippen LogP contribution in [0.25, 0.3) is 10.8 Å². The lowest BCUT2D eigenvalue weighted by molar-refractivity contribution is 0.0927. The molecule has 0 aliphatic carbocycles. The lowest BCUT2D eigenvalue weighted by Gasteiger charge is -2.25. The molecule has 0 aromatic heterocycles. The summed E-state index contributed by atoms with van der Waals surface area (Å²) in [4.78, 5) is 15.5. The van der Waals surface area contributed by atoms with Gasteiger partial charge in [-0.3, -0.25) is 4.79 Å². The minimum atomic E-state index is -0.188. The highest BCUT2D eigenvalue weighted by atomic mass is 16.5. The summed E-state index contributed by atoms with van der Waals surface area (Å²) in [6.45, 7) is 2.47. The Bertz CT molecular complexity index is 1080. The van der Waals surface area contributed by atoms with Crippen LogP contribution in [0.5, 0.6) is 17.2 Å². The number of rotatable bonds is 12. The Hall–Kier alpha value is -3.29. The van der Waals surface area contributed by atoms with E-state index in [2.05, 4.69) is 52.9 Å². The number of nitrogens with zero attached hydrogens (tertiary/aromatic N) is 1. The maximum absolute atomic E-state index is 13.3. The van der Waals surface area contributed by atoms with Crippen molar-refractivity contribution in [3.05, 3.63) is 65.7 Å². The molecule has 0 saturated heterocycles. The SMILES string of the molecule is CNCCN(C)C[C@@H](Cc1ccc2ccccc2c1)NC(=O)c1cc(OC)c(OC)c(OC)c1. The molecule has 0 aliphatic heterocycles. The highest BCUT2D eigenvalue weighted by molar-refractivity contribution is 5.96. The van der Waals surface area contributed by atoms with Gasteiger partial charge in [-0.05, 0) is 49.0 Å². The minimum absolute atomic E-state index is 0.0883. The lowest BCUT2D eigenvalue weighted by Crippen LogP contribution is -2.45. The molecule has 3 aromatic carbocycles. The van der Waals surface area contributed by atoms with Crippen molar-refractivity contribution in [2.24, 2.45) is 0 Å². The minimum Gasteiger partial charge on any atom is -0.493 e. The van der Waals surface area contributed by atoms with Crippen molar-refractivity contribution < 1.29 is 19.0 Å². The van der Waals surface area contributed by atoms with E-state index in [-0.39, 0.29) is 11.9 Å². The number of nitrogens with one attached hydrogen (secondary N) is 2. The molecule has 0 saturated carbocycles. The first-order valence-corrected chi connectivity index (χ1v) is 11.4. The van der Waals surface area contributed by atoms with Crippen molar-refractivity contribution in [3.8, 4) is 17.2 Å². The van der Waals surface area contributed by atoms with Crippen molar-refractivity contribution in [2.45, 2.75) is 12.5 Å². The van der Waals surface area contributed by atoms with Gasteiger partial charge in [0.05, 0.1) is 21.3 Å². The fourth-order valence-corrected chi connectivity index (χ4v) is 4.06. The molecule has 7 heteroatoms. The van der Waals surface area contributed by atoms with Gasteiger partial charge in [-0.25, -0.2) is 0 Å². The molecule has 182 valence electrons. The predicted octanol–water partition coefficient (Wildman–Crippen LogP) is 3.36. The second-order valence-corrected chi connectivity index (χ2v) is 8.34. The van der Waals surface area contributed by atoms with Crippen LogP contribution in [0.15, 0.2) is 54.6 Å². The van der Waals surface area contributed by atoms with Crippen LogP contribution in [-0.2, 0) is 6.42 Å². The van der Waals surface area contributed by atoms with Crippen LogP contribution in [0, 0.1) is 0 Å². The molecule has 0 radical (unpaired) electrons. The largest absolute Gasteiger partial charge is 0.493 e. The van der Waals surface area contributed by atoms with Gasteiger partial charge in [-0.2, -0.15) is 0 Å². The first kappa shape index (κ1) is 25.3. The Morgan fingerprint density at radius 3 is 2.24 bits per heavy atom. The van der Waals surface area contributed by atoms with Crippen LogP contribution in [0.4, 0.5) is 0 Å². The Labute approximate surface area is 202 Å². The van der Waals surface area contributed by atoms with E-state index >= 15 is 0 Å². The van der Waals surface area contributed by atoms with Crippen LogP contribution < -0.4 is 24.8 Å². The van der Waals surface area contributed by atoms with Crippen LogP contribution in [0.1, 0.15) is 15.9 Å². The van der Waals surface area contributed by atoms with Crippen LogP contribution in [0.3, 0.4) is 0 Å².